The van der Waals surface area contributed by atoms with Crippen LogP contribution < -0.4 is 10.6 Å². The number of piperidine rings is 1. The Morgan fingerprint density at radius 1 is 1.48 bits per heavy atom. The summed E-state index contributed by atoms with van der Waals surface area (Å²) in [6.07, 6.45) is 3.61. The number of rotatable bonds is 4. The van der Waals surface area contributed by atoms with Crippen LogP contribution in [0.1, 0.15) is 23.3 Å². The van der Waals surface area contributed by atoms with Crippen molar-refractivity contribution in [1.82, 2.24) is 15.3 Å². The van der Waals surface area contributed by atoms with Crippen LogP contribution in [0.25, 0.3) is 11.3 Å². The zero-order valence-electron chi connectivity index (χ0n) is 12.7. The number of anilines is 1. The Labute approximate surface area is 137 Å². The van der Waals surface area contributed by atoms with Crippen LogP contribution in [0.4, 0.5) is 5.13 Å². The first kappa shape index (κ1) is 15.7. The van der Waals surface area contributed by atoms with Crippen molar-refractivity contribution in [2.24, 2.45) is 5.92 Å². The van der Waals surface area contributed by atoms with E-state index in [0.717, 1.165) is 24.9 Å². The van der Waals surface area contributed by atoms with E-state index in [2.05, 4.69) is 25.3 Å². The summed E-state index contributed by atoms with van der Waals surface area (Å²) in [5.41, 5.74) is 1.86. The summed E-state index contributed by atoms with van der Waals surface area (Å²) in [6.45, 7) is 1.69. The number of H-pyrrole nitrogens is 1. The van der Waals surface area contributed by atoms with Gasteiger partial charge in [0.05, 0.1) is 18.7 Å². The third-order valence-electron chi connectivity index (χ3n) is 3.79. The molecule has 1 unspecified atom stereocenters. The molecule has 8 heteroatoms. The summed E-state index contributed by atoms with van der Waals surface area (Å²) in [5.74, 6) is -0.429. The number of hydrogen-bond donors (Lipinski definition) is 3. The first-order valence-electron chi connectivity index (χ1n) is 7.41. The minimum atomic E-state index is -0.426. The van der Waals surface area contributed by atoms with Crippen LogP contribution >= 0.6 is 11.3 Å². The van der Waals surface area contributed by atoms with Gasteiger partial charge in [-0.05, 0) is 25.5 Å². The van der Waals surface area contributed by atoms with Crippen molar-refractivity contribution in [2.75, 3.05) is 25.5 Å². The zero-order chi connectivity index (χ0) is 16.2. The minimum absolute atomic E-state index is 0.00224. The molecule has 3 heterocycles. The molecule has 1 atom stereocenters. The van der Waals surface area contributed by atoms with E-state index in [9.17, 15) is 9.59 Å². The average Bonchev–Trinajstić information content (AvgIpc) is 3.24. The summed E-state index contributed by atoms with van der Waals surface area (Å²) in [5, 5.41) is 8.51. The summed E-state index contributed by atoms with van der Waals surface area (Å²) < 4.78 is 4.66. The van der Waals surface area contributed by atoms with E-state index < -0.39 is 5.97 Å². The molecule has 7 nitrogen and oxygen atoms in total. The second-order valence-corrected chi connectivity index (χ2v) is 6.22. The Hall–Kier alpha value is -2.19. The maximum Gasteiger partial charge on any atom is 0.354 e. The Bertz CT molecular complexity index is 703. The van der Waals surface area contributed by atoms with E-state index in [1.165, 1.54) is 18.4 Å². The van der Waals surface area contributed by atoms with Crippen molar-refractivity contribution in [3.8, 4) is 11.3 Å². The van der Waals surface area contributed by atoms with Crippen molar-refractivity contribution in [3.05, 3.63) is 23.3 Å². The smallest absolute Gasteiger partial charge is 0.354 e. The quantitative estimate of drug-likeness (QED) is 0.742. The largest absolute Gasteiger partial charge is 0.464 e. The number of aromatic nitrogens is 2. The molecule has 1 saturated heterocycles. The van der Waals surface area contributed by atoms with Gasteiger partial charge in [0.15, 0.2) is 5.13 Å². The number of carbonyl (C=O) groups is 2. The number of thiazole rings is 1. The standard InChI is InChI=1S/C15H18N4O3S/c1-22-14(21)11-5-10(7-17-11)12-8-23-15(18-12)19-13(20)9-3-2-4-16-6-9/h5,7-9,16-17H,2-4,6H2,1H3,(H,18,19,20). The van der Waals surface area contributed by atoms with Gasteiger partial charge < -0.3 is 20.4 Å². The highest BCUT2D eigenvalue weighted by atomic mass is 32.1. The summed E-state index contributed by atoms with van der Waals surface area (Å²) in [6, 6.07) is 1.68. The van der Waals surface area contributed by atoms with E-state index in [4.69, 9.17) is 0 Å². The van der Waals surface area contributed by atoms with Gasteiger partial charge in [0.2, 0.25) is 5.91 Å². The lowest BCUT2D eigenvalue weighted by molar-refractivity contribution is -0.120. The fourth-order valence-electron chi connectivity index (χ4n) is 2.52. The second kappa shape index (κ2) is 6.93. The van der Waals surface area contributed by atoms with Crippen molar-refractivity contribution in [3.63, 3.8) is 0 Å². The number of amides is 1. The van der Waals surface area contributed by atoms with Gasteiger partial charge in [0.1, 0.15) is 5.69 Å². The summed E-state index contributed by atoms with van der Waals surface area (Å²) in [4.78, 5) is 30.9. The van der Waals surface area contributed by atoms with Crippen molar-refractivity contribution in [1.29, 1.82) is 0 Å². The Morgan fingerprint density at radius 2 is 2.35 bits per heavy atom. The maximum absolute atomic E-state index is 12.2. The summed E-state index contributed by atoms with van der Waals surface area (Å²) in [7, 11) is 1.33. The molecule has 1 aliphatic rings. The highest BCUT2D eigenvalue weighted by molar-refractivity contribution is 7.14. The molecule has 0 spiro atoms. The predicted molar refractivity (Wildman–Crippen MR) is 87.5 cm³/mol. The normalized spacial score (nSPS) is 17.7. The Balaban J connectivity index is 1.66. The van der Waals surface area contributed by atoms with Gasteiger partial charge in [-0.25, -0.2) is 9.78 Å². The topological polar surface area (TPSA) is 96.1 Å². The van der Waals surface area contributed by atoms with Gasteiger partial charge in [-0.3, -0.25) is 4.79 Å². The first-order chi connectivity index (χ1) is 11.2. The third kappa shape index (κ3) is 3.59. The number of ether oxygens (including phenoxy) is 1. The van der Waals surface area contributed by atoms with Crippen LogP contribution in [0.15, 0.2) is 17.6 Å². The number of methoxy groups -OCH3 is 1. The monoisotopic (exact) mass is 334 g/mol. The second-order valence-electron chi connectivity index (χ2n) is 5.36. The number of hydrogen-bond acceptors (Lipinski definition) is 6. The molecule has 0 bridgehead atoms. The molecule has 0 saturated carbocycles. The number of carbonyl (C=O) groups excluding carboxylic acids is 2. The minimum Gasteiger partial charge on any atom is -0.464 e. The third-order valence-corrected chi connectivity index (χ3v) is 4.54. The van der Waals surface area contributed by atoms with Crippen molar-refractivity contribution in [2.45, 2.75) is 12.8 Å². The van der Waals surface area contributed by atoms with Crippen LogP contribution in [0.5, 0.6) is 0 Å². The molecule has 1 amide bonds. The maximum atomic E-state index is 12.2. The number of esters is 1. The predicted octanol–water partition coefficient (Wildman–Crippen LogP) is 1.86. The van der Waals surface area contributed by atoms with E-state index in [0.29, 0.717) is 23.1 Å². The molecule has 23 heavy (non-hydrogen) atoms. The van der Waals surface area contributed by atoms with Crippen LogP contribution in [0.3, 0.4) is 0 Å². The summed E-state index contributed by atoms with van der Waals surface area (Å²) >= 11 is 1.37. The Morgan fingerprint density at radius 3 is 3.09 bits per heavy atom. The van der Waals surface area contributed by atoms with Gasteiger partial charge in [0.25, 0.3) is 0 Å². The van der Waals surface area contributed by atoms with Crippen LogP contribution in [0.2, 0.25) is 0 Å². The van der Waals surface area contributed by atoms with Gasteiger partial charge in [-0.2, -0.15) is 0 Å². The number of nitrogens with zero attached hydrogens (tertiary/aromatic N) is 1. The van der Waals surface area contributed by atoms with Gasteiger partial charge in [-0.1, -0.05) is 0 Å². The molecule has 1 fully saturated rings. The lowest BCUT2D eigenvalue weighted by atomic mass is 9.99. The molecule has 2 aromatic rings. The molecule has 3 N–H and O–H groups in total. The number of nitrogens with one attached hydrogen (secondary N) is 3. The van der Waals surface area contributed by atoms with E-state index in [1.54, 1.807) is 12.3 Å². The van der Waals surface area contributed by atoms with Crippen LogP contribution in [0, 0.1) is 5.92 Å². The molecular weight excluding hydrogens is 316 g/mol. The lowest BCUT2D eigenvalue weighted by Crippen LogP contribution is -2.37. The number of aromatic amines is 1. The van der Waals surface area contributed by atoms with E-state index in [1.807, 2.05) is 5.38 Å². The highest BCUT2D eigenvalue weighted by Crippen LogP contribution is 2.26. The molecule has 122 valence electrons. The average molecular weight is 334 g/mol. The fourth-order valence-corrected chi connectivity index (χ4v) is 3.24. The van der Waals surface area contributed by atoms with Gasteiger partial charge in [0, 0.05) is 23.7 Å². The molecule has 0 aromatic carbocycles. The van der Waals surface area contributed by atoms with Crippen molar-refractivity contribution >= 4 is 28.3 Å². The SMILES string of the molecule is COC(=O)c1cc(-c2csc(NC(=O)C3CCCNC3)n2)c[nH]1. The van der Waals surface area contributed by atoms with Crippen LogP contribution in [-0.2, 0) is 9.53 Å². The molecule has 2 aromatic heterocycles. The van der Waals surface area contributed by atoms with E-state index in [-0.39, 0.29) is 11.8 Å². The molecular formula is C15H18N4O3S. The van der Waals surface area contributed by atoms with Gasteiger partial charge >= 0.3 is 5.97 Å². The van der Waals surface area contributed by atoms with Crippen molar-refractivity contribution < 1.29 is 14.3 Å². The highest BCUT2D eigenvalue weighted by Gasteiger charge is 2.22. The molecule has 0 radical (unpaired) electrons. The molecule has 3 rings (SSSR count). The lowest BCUT2D eigenvalue weighted by Gasteiger charge is -2.21. The molecule has 0 aliphatic carbocycles. The fraction of sp³-hybridized carbons (Fsp3) is 0.400. The van der Waals surface area contributed by atoms with Gasteiger partial charge in [-0.15, -0.1) is 11.3 Å². The zero-order valence-corrected chi connectivity index (χ0v) is 13.5. The molecule has 1 aliphatic heterocycles. The first-order valence-corrected chi connectivity index (χ1v) is 8.29. The van der Waals surface area contributed by atoms with E-state index >= 15 is 0 Å². The van der Waals surface area contributed by atoms with Crippen LogP contribution in [-0.4, -0.2) is 42.0 Å². The Kier molecular flexibility index (Phi) is 4.73.